The van der Waals surface area contributed by atoms with Gasteiger partial charge >= 0.3 is 5.97 Å². The normalized spacial score (nSPS) is 9.38. The van der Waals surface area contributed by atoms with Crippen LogP contribution in [0.5, 0.6) is 0 Å². The summed E-state index contributed by atoms with van der Waals surface area (Å²) < 4.78 is 0. The van der Waals surface area contributed by atoms with Gasteiger partial charge in [-0.2, -0.15) is 0 Å². The van der Waals surface area contributed by atoms with E-state index in [-0.39, 0.29) is 11.5 Å². The second-order valence-electron chi connectivity index (χ2n) is 3.60. The van der Waals surface area contributed by atoms with Crippen molar-refractivity contribution >= 4 is 17.6 Å². The molecule has 4 heteroatoms. The highest BCUT2D eigenvalue weighted by molar-refractivity contribution is 6.00. The number of hydrogen-bond acceptors (Lipinski definition) is 2. The molecule has 2 N–H and O–H groups in total. The Morgan fingerprint density at radius 1 is 1.31 bits per heavy atom. The Morgan fingerprint density at radius 3 is 2.56 bits per heavy atom. The first-order valence-corrected chi connectivity index (χ1v) is 4.78. The summed E-state index contributed by atoms with van der Waals surface area (Å²) in [4.78, 5) is 22.1. The maximum absolute atomic E-state index is 11.4. The van der Waals surface area contributed by atoms with E-state index in [1.165, 1.54) is 18.2 Å². The summed E-state index contributed by atoms with van der Waals surface area (Å²) in [6.45, 7) is 3.63. The summed E-state index contributed by atoms with van der Waals surface area (Å²) >= 11 is 0. The first-order valence-electron chi connectivity index (χ1n) is 4.78. The molecule has 0 aliphatic carbocycles. The zero-order chi connectivity index (χ0) is 12.1. The Hall–Kier alpha value is -2.10. The number of carboxylic acids is 1. The number of carbonyl (C=O) groups is 2. The summed E-state index contributed by atoms with van der Waals surface area (Å²) in [5.41, 5.74) is 1.50. The lowest BCUT2D eigenvalue weighted by atomic mass is 10.2. The third-order valence-corrected chi connectivity index (χ3v) is 1.80. The fourth-order valence-corrected chi connectivity index (χ4v) is 1.17. The monoisotopic (exact) mass is 219 g/mol. The van der Waals surface area contributed by atoms with Gasteiger partial charge in [0.05, 0.1) is 5.56 Å². The Morgan fingerprint density at radius 2 is 2.00 bits per heavy atom. The minimum atomic E-state index is -1.02. The molecule has 0 unspecified atom stereocenters. The fourth-order valence-electron chi connectivity index (χ4n) is 1.17. The molecule has 0 fully saturated rings. The van der Waals surface area contributed by atoms with Gasteiger partial charge in [0.15, 0.2) is 0 Å². The van der Waals surface area contributed by atoms with Gasteiger partial charge in [-0.15, -0.1) is 0 Å². The average molecular weight is 219 g/mol. The van der Waals surface area contributed by atoms with E-state index < -0.39 is 5.97 Å². The van der Waals surface area contributed by atoms with Crippen molar-refractivity contribution in [1.82, 2.24) is 0 Å². The number of aromatic carboxylic acids is 1. The van der Waals surface area contributed by atoms with Crippen LogP contribution in [-0.4, -0.2) is 17.0 Å². The zero-order valence-corrected chi connectivity index (χ0v) is 9.15. The summed E-state index contributed by atoms with van der Waals surface area (Å²) in [7, 11) is 0. The Kier molecular flexibility index (Phi) is 3.83. The van der Waals surface area contributed by atoms with E-state index in [1.807, 2.05) is 13.8 Å². The third kappa shape index (κ3) is 3.57. The SMILES string of the molecule is CC(C)=CC(=O)Nc1cccc(C(=O)O)c1. The van der Waals surface area contributed by atoms with Crippen LogP contribution in [0.1, 0.15) is 24.2 Å². The maximum atomic E-state index is 11.4. The van der Waals surface area contributed by atoms with Crippen molar-refractivity contribution in [3.8, 4) is 0 Å². The van der Waals surface area contributed by atoms with E-state index >= 15 is 0 Å². The first-order chi connectivity index (χ1) is 7.49. The van der Waals surface area contributed by atoms with Crippen LogP contribution < -0.4 is 5.32 Å². The number of amides is 1. The Bertz CT molecular complexity index is 445. The molecule has 0 aliphatic heterocycles. The predicted octanol–water partition coefficient (Wildman–Crippen LogP) is 2.29. The van der Waals surface area contributed by atoms with E-state index in [0.29, 0.717) is 5.69 Å². The molecule has 1 rings (SSSR count). The number of carbonyl (C=O) groups excluding carboxylic acids is 1. The smallest absolute Gasteiger partial charge is 0.335 e. The highest BCUT2D eigenvalue weighted by atomic mass is 16.4. The number of allylic oxidation sites excluding steroid dienone is 1. The fraction of sp³-hybridized carbons (Fsp3) is 0.167. The van der Waals surface area contributed by atoms with Crippen molar-refractivity contribution in [1.29, 1.82) is 0 Å². The molecule has 0 atom stereocenters. The molecule has 0 aliphatic rings. The molecule has 16 heavy (non-hydrogen) atoms. The molecule has 1 aromatic carbocycles. The van der Waals surface area contributed by atoms with Crippen molar-refractivity contribution in [2.45, 2.75) is 13.8 Å². The summed E-state index contributed by atoms with van der Waals surface area (Å²) in [6, 6.07) is 6.11. The van der Waals surface area contributed by atoms with Crippen LogP contribution in [0.15, 0.2) is 35.9 Å². The van der Waals surface area contributed by atoms with Crippen LogP contribution in [0.2, 0.25) is 0 Å². The molecule has 0 saturated carbocycles. The van der Waals surface area contributed by atoms with Crippen LogP contribution in [0, 0.1) is 0 Å². The molecule has 0 heterocycles. The van der Waals surface area contributed by atoms with Crippen molar-refractivity contribution in [3.05, 3.63) is 41.5 Å². The quantitative estimate of drug-likeness (QED) is 0.766. The second kappa shape index (κ2) is 5.11. The lowest BCUT2D eigenvalue weighted by molar-refractivity contribution is -0.111. The molecule has 1 aromatic rings. The molecular weight excluding hydrogens is 206 g/mol. The van der Waals surface area contributed by atoms with Crippen LogP contribution in [0.4, 0.5) is 5.69 Å². The number of hydrogen-bond donors (Lipinski definition) is 2. The number of carboxylic acid groups (broad SMARTS) is 1. The second-order valence-corrected chi connectivity index (χ2v) is 3.60. The topological polar surface area (TPSA) is 66.4 Å². The van der Waals surface area contributed by atoms with Crippen LogP contribution >= 0.6 is 0 Å². The van der Waals surface area contributed by atoms with Crippen LogP contribution in [0.25, 0.3) is 0 Å². The lowest BCUT2D eigenvalue weighted by Crippen LogP contribution is -2.09. The van der Waals surface area contributed by atoms with Gasteiger partial charge in [0.2, 0.25) is 5.91 Å². The van der Waals surface area contributed by atoms with Gasteiger partial charge in [-0.05, 0) is 32.0 Å². The molecule has 84 valence electrons. The van der Waals surface area contributed by atoms with Crippen molar-refractivity contribution in [2.24, 2.45) is 0 Å². The van der Waals surface area contributed by atoms with Gasteiger partial charge in [0.1, 0.15) is 0 Å². The standard InChI is InChI=1S/C12H13NO3/c1-8(2)6-11(14)13-10-5-3-4-9(7-10)12(15)16/h3-7H,1-2H3,(H,13,14)(H,15,16). The predicted molar refractivity (Wildman–Crippen MR) is 61.5 cm³/mol. The third-order valence-electron chi connectivity index (χ3n) is 1.80. The molecule has 0 spiro atoms. The van der Waals surface area contributed by atoms with Gasteiger partial charge in [0.25, 0.3) is 0 Å². The summed E-state index contributed by atoms with van der Waals surface area (Å²) in [5.74, 6) is -1.28. The Balaban J connectivity index is 2.82. The minimum Gasteiger partial charge on any atom is -0.478 e. The highest BCUT2D eigenvalue weighted by Crippen LogP contribution is 2.10. The molecule has 4 nitrogen and oxygen atoms in total. The number of anilines is 1. The molecule has 1 amide bonds. The van der Waals surface area contributed by atoms with Gasteiger partial charge in [0, 0.05) is 11.8 Å². The summed E-state index contributed by atoms with van der Waals surface area (Å²) in [6.07, 6.45) is 1.45. The van der Waals surface area contributed by atoms with Gasteiger partial charge in [-0.1, -0.05) is 11.6 Å². The van der Waals surface area contributed by atoms with Crippen LogP contribution in [0.3, 0.4) is 0 Å². The average Bonchev–Trinajstić information content (AvgIpc) is 2.16. The highest BCUT2D eigenvalue weighted by Gasteiger charge is 2.04. The van der Waals surface area contributed by atoms with Crippen LogP contribution in [-0.2, 0) is 4.79 Å². The number of rotatable bonds is 3. The molecule has 0 radical (unpaired) electrons. The number of nitrogens with one attached hydrogen (secondary N) is 1. The van der Waals surface area contributed by atoms with Crippen molar-refractivity contribution in [3.63, 3.8) is 0 Å². The minimum absolute atomic E-state index is 0.148. The van der Waals surface area contributed by atoms with Gasteiger partial charge in [-0.3, -0.25) is 4.79 Å². The van der Waals surface area contributed by atoms with E-state index in [0.717, 1.165) is 5.57 Å². The first kappa shape index (κ1) is 12.0. The Labute approximate surface area is 93.6 Å². The van der Waals surface area contributed by atoms with Gasteiger partial charge in [-0.25, -0.2) is 4.79 Å². The van der Waals surface area contributed by atoms with Gasteiger partial charge < -0.3 is 10.4 Å². The maximum Gasteiger partial charge on any atom is 0.335 e. The molecule has 0 saturated heterocycles. The van der Waals surface area contributed by atoms with E-state index in [4.69, 9.17) is 5.11 Å². The summed E-state index contributed by atoms with van der Waals surface area (Å²) in [5, 5.41) is 11.4. The van der Waals surface area contributed by atoms with E-state index in [1.54, 1.807) is 12.1 Å². The molecule has 0 bridgehead atoms. The molecule has 0 aromatic heterocycles. The molecular formula is C12H13NO3. The van der Waals surface area contributed by atoms with Crippen molar-refractivity contribution < 1.29 is 14.7 Å². The van der Waals surface area contributed by atoms with Crippen molar-refractivity contribution in [2.75, 3.05) is 5.32 Å². The van der Waals surface area contributed by atoms with E-state index in [2.05, 4.69) is 5.32 Å². The van der Waals surface area contributed by atoms with E-state index in [9.17, 15) is 9.59 Å². The largest absolute Gasteiger partial charge is 0.478 e. The number of benzene rings is 1. The lowest BCUT2D eigenvalue weighted by Gasteiger charge is -2.03. The zero-order valence-electron chi connectivity index (χ0n) is 9.15.